The fourth-order valence-corrected chi connectivity index (χ4v) is 2.17. The Hall–Kier alpha value is -0.750. The van der Waals surface area contributed by atoms with Gasteiger partial charge in [0, 0.05) is 17.6 Å². The summed E-state index contributed by atoms with van der Waals surface area (Å²) in [7, 11) is 1.14. The number of hydrogen-bond acceptors (Lipinski definition) is 3. The van der Waals surface area contributed by atoms with Gasteiger partial charge in [0.15, 0.2) is 0 Å². The number of halogens is 3. The second kappa shape index (κ2) is 3.68. The summed E-state index contributed by atoms with van der Waals surface area (Å²) in [5.41, 5.74) is -0.520. The lowest BCUT2D eigenvalue weighted by Crippen LogP contribution is -2.11. The lowest BCUT2D eigenvalue weighted by atomic mass is 10.2. The van der Waals surface area contributed by atoms with E-state index in [9.17, 15) is 17.2 Å². The van der Waals surface area contributed by atoms with Crippen LogP contribution < -0.4 is 0 Å². The van der Waals surface area contributed by atoms with Gasteiger partial charge in [-0.15, -0.1) is 0 Å². The van der Waals surface area contributed by atoms with Crippen LogP contribution in [0.15, 0.2) is 17.0 Å². The van der Waals surface area contributed by atoms with E-state index in [0.29, 0.717) is 6.92 Å². The summed E-state index contributed by atoms with van der Waals surface area (Å²) in [4.78, 5) is 3.24. The maximum atomic E-state index is 12.8. The SMILES string of the molecule is Cc1nc(C(C)(F)F)ccc1S(=O)(=O)Cl. The largest absolute Gasteiger partial charge is 0.286 e. The number of alkyl halides is 2. The molecule has 0 aliphatic rings. The van der Waals surface area contributed by atoms with Gasteiger partial charge in [0.2, 0.25) is 0 Å². The van der Waals surface area contributed by atoms with Gasteiger partial charge in [-0.1, -0.05) is 0 Å². The number of nitrogens with zero attached hydrogens (tertiary/aromatic N) is 1. The van der Waals surface area contributed by atoms with Crippen molar-refractivity contribution in [2.45, 2.75) is 24.7 Å². The summed E-state index contributed by atoms with van der Waals surface area (Å²) in [6.45, 7) is 1.99. The molecule has 0 aliphatic heterocycles. The third kappa shape index (κ3) is 2.85. The molecule has 1 rings (SSSR count). The Balaban J connectivity index is 3.34. The van der Waals surface area contributed by atoms with Crippen molar-refractivity contribution in [1.29, 1.82) is 0 Å². The van der Waals surface area contributed by atoms with E-state index in [0.717, 1.165) is 12.1 Å². The summed E-state index contributed by atoms with van der Waals surface area (Å²) < 4.78 is 47.5. The first kappa shape index (κ1) is 12.3. The van der Waals surface area contributed by atoms with E-state index in [1.54, 1.807) is 0 Å². The minimum Gasteiger partial charge on any atom is -0.250 e. The van der Waals surface area contributed by atoms with Crippen molar-refractivity contribution in [3.05, 3.63) is 23.5 Å². The maximum absolute atomic E-state index is 12.8. The Morgan fingerprint density at radius 2 is 1.93 bits per heavy atom. The number of aromatic nitrogens is 1. The molecule has 0 unspecified atom stereocenters. The van der Waals surface area contributed by atoms with Crippen LogP contribution in [0.5, 0.6) is 0 Å². The highest BCUT2D eigenvalue weighted by atomic mass is 35.7. The molecule has 1 aromatic rings. The highest BCUT2D eigenvalue weighted by Gasteiger charge is 2.27. The monoisotopic (exact) mass is 255 g/mol. The lowest BCUT2D eigenvalue weighted by molar-refractivity contribution is 0.0125. The topological polar surface area (TPSA) is 47.0 Å². The molecule has 0 spiro atoms. The molecule has 0 fully saturated rings. The second-order valence-corrected chi connectivity index (χ2v) is 5.64. The number of rotatable bonds is 2. The Morgan fingerprint density at radius 1 is 1.40 bits per heavy atom. The summed E-state index contributed by atoms with van der Waals surface area (Å²) in [6, 6.07) is 1.97. The first-order valence-corrected chi connectivity index (χ1v) is 6.24. The normalized spacial score (nSPS) is 12.9. The Bertz CT molecular complexity index is 482. The van der Waals surface area contributed by atoms with Gasteiger partial charge in [-0.05, 0) is 19.1 Å². The highest BCUT2D eigenvalue weighted by Crippen LogP contribution is 2.27. The average molecular weight is 256 g/mol. The van der Waals surface area contributed by atoms with Gasteiger partial charge in [-0.2, -0.15) is 8.78 Å². The molecule has 0 atom stereocenters. The second-order valence-electron chi connectivity index (χ2n) is 3.11. The Labute approximate surface area is 90.5 Å². The molecule has 84 valence electrons. The molecule has 0 amide bonds. The summed E-state index contributed by atoms with van der Waals surface area (Å²) in [5.74, 6) is -3.10. The first-order chi connectivity index (χ1) is 6.62. The van der Waals surface area contributed by atoms with Crippen LogP contribution in [0.2, 0.25) is 0 Å². The molecule has 0 aliphatic carbocycles. The van der Waals surface area contributed by atoms with Crippen LogP contribution >= 0.6 is 10.7 Å². The van der Waals surface area contributed by atoms with E-state index in [1.165, 1.54) is 6.92 Å². The molecule has 0 N–H and O–H groups in total. The zero-order valence-electron chi connectivity index (χ0n) is 7.96. The third-order valence-electron chi connectivity index (χ3n) is 1.75. The van der Waals surface area contributed by atoms with Crippen molar-refractivity contribution in [2.75, 3.05) is 0 Å². The molecule has 0 radical (unpaired) electrons. The molecular formula is C8H8ClF2NO2S. The van der Waals surface area contributed by atoms with Crippen LogP contribution in [0.1, 0.15) is 18.3 Å². The summed E-state index contributed by atoms with van der Waals surface area (Å²) in [5, 5.41) is 0. The van der Waals surface area contributed by atoms with Crippen LogP contribution in [0.25, 0.3) is 0 Å². The third-order valence-corrected chi connectivity index (χ3v) is 3.21. The first-order valence-electron chi connectivity index (χ1n) is 3.93. The van der Waals surface area contributed by atoms with Crippen LogP contribution in [0, 0.1) is 6.92 Å². The minimum atomic E-state index is -3.93. The van der Waals surface area contributed by atoms with Crippen molar-refractivity contribution in [2.24, 2.45) is 0 Å². The lowest BCUT2D eigenvalue weighted by Gasteiger charge is -2.11. The smallest absolute Gasteiger partial charge is 0.250 e. The van der Waals surface area contributed by atoms with E-state index in [2.05, 4.69) is 4.98 Å². The molecule has 7 heteroatoms. The van der Waals surface area contributed by atoms with E-state index in [4.69, 9.17) is 10.7 Å². The highest BCUT2D eigenvalue weighted by molar-refractivity contribution is 8.13. The molecule has 15 heavy (non-hydrogen) atoms. The number of hydrogen-bond donors (Lipinski definition) is 0. The molecule has 0 bridgehead atoms. The van der Waals surface area contributed by atoms with Gasteiger partial charge in [-0.25, -0.2) is 8.42 Å². The number of pyridine rings is 1. The molecule has 0 aromatic carbocycles. The van der Waals surface area contributed by atoms with Crippen molar-refractivity contribution in [3.8, 4) is 0 Å². The zero-order chi connectivity index (χ0) is 11.9. The maximum Gasteiger partial charge on any atom is 0.286 e. The van der Waals surface area contributed by atoms with Crippen molar-refractivity contribution in [1.82, 2.24) is 4.98 Å². The Kier molecular flexibility index (Phi) is 3.02. The zero-order valence-corrected chi connectivity index (χ0v) is 9.53. The van der Waals surface area contributed by atoms with E-state index in [1.807, 2.05) is 0 Å². The fourth-order valence-electron chi connectivity index (χ4n) is 1.05. The molecule has 3 nitrogen and oxygen atoms in total. The van der Waals surface area contributed by atoms with E-state index < -0.39 is 20.7 Å². The van der Waals surface area contributed by atoms with Crippen LogP contribution in [-0.4, -0.2) is 13.4 Å². The van der Waals surface area contributed by atoms with Crippen LogP contribution in [-0.2, 0) is 15.0 Å². The van der Waals surface area contributed by atoms with Crippen molar-refractivity contribution in [3.63, 3.8) is 0 Å². The average Bonchev–Trinajstić information content (AvgIpc) is 1.99. The van der Waals surface area contributed by atoms with Gasteiger partial charge < -0.3 is 0 Å². The fraction of sp³-hybridized carbons (Fsp3) is 0.375. The summed E-state index contributed by atoms with van der Waals surface area (Å²) in [6.07, 6.45) is 0. The molecule has 0 saturated carbocycles. The predicted octanol–water partition coefficient (Wildman–Crippen LogP) is 2.43. The van der Waals surface area contributed by atoms with Gasteiger partial charge >= 0.3 is 0 Å². The molecule has 0 saturated heterocycles. The molecule has 1 aromatic heterocycles. The quantitative estimate of drug-likeness (QED) is 0.763. The molecular weight excluding hydrogens is 248 g/mol. The van der Waals surface area contributed by atoms with Crippen LogP contribution in [0.4, 0.5) is 8.78 Å². The van der Waals surface area contributed by atoms with Gasteiger partial charge in [0.05, 0.1) is 5.69 Å². The van der Waals surface area contributed by atoms with Gasteiger partial charge in [-0.3, -0.25) is 4.98 Å². The van der Waals surface area contributed by atoms with E-state index in [-0.39, 0.29) is 10.6 Å². The Morgan fingerprint density at radius 3 is 2.27 bits per heavy atom. The van der Waals surface area contributed by atoms with Gasteiger partial charge in [0.25, 0.3) is 15.0 Å². The standard InChI is InChI=1S/C8H8ClF2NO2S/c1-5-6(15(9,13)14)3-4-7(12-5)8(2,10)11/h3-4H,1-2H3. The predicted molar refractivity (Wildman–Crippen MR) is 51.6 cm³/mol. The summed E-state index contributed by atoms with van der Waals surface area (Å²) >= 11 is 0. The van der Waals surface area contributed by atoms with Crippen molar-refractivity contribution < 1.29 is 17.2 Å². The number of aryl methyl sites for hydroxylation is 1. The van der Waals surface area contributed by atoms with Crippen LogP contribution in [0.3, 0.4) is 0 Å². The van der Waals surface area contributed by atoms with Crippen molar-refractivity contribution >= 4 is 19.7 Å². The van der Waals surface area contributed by atoms with Gasteiger partial charge in [0.1, 0.15) is 10.6 Å². The van der Waals surface area contributed by atoms with E-state index >= 15 is 0 Å². The minimum absolute atomic E-state index is 0.0379. The molecule has 1 heterocycles.